The molecule has 2 aliphatic rings. The van der Waals surface area contributed by atoms with Gasteiger partial charge in [0.25, 0.3) is 0 Å². The lowest BCUT2D eigenvalue weighted by Gasteiger charge is -2.50. The first-order chi connectivity index (χ1) is 8.27. The van der Waals surface area contributed by atoms with E-state index in [1.165, 1.54) is 31.7 Å². The monoisotopic (exact) mass is 234 g/mol. The van der Waals surface area contributed by atoms with Crippen molar-refractivity contribution < 1.29 is 4.39 Å². The van der Waals surface area contributed by atoms with Crippen molar-refractivity contribution in [1.82, 2.24) is 5.32 Å². The predicted octanol–water partition coefficient (Wildman–Crippen LogP) is 2.77. The van der Waals surface area contributed by atoms with E-state index in [4.69, 9.17) is 0 Å². The van der Waals surface area contributed by atoms with Gasteiger partial charge in [-0.2, -0.15) is 0 Å². The number of benzene rings is 1. The fraction of sp³-hybridized carbons (Fsp3) is 0.571. The molecule has 1 aliphatic heterocycles. The van der Waals surface area contributed by atoms with E-state index in [-0.39, 0.29) is 5.82 Å². The van der Waals surface area contributed by atoms with E-state index in [2.05, 4.69) is 10.6 Å². The van der Waals surface area contributed by atoms with Crippen LogP contribution >= 0.6 is 0 Å². The summed E-state index contributed by atoms with van der Waals surface area (Å²) in [6, 6.07) is 7.41. The number of halogens is 1. The van der Waals surface area contributed by atoms with Gasteiger partial charge < -0.3 is 10.6 Å². The Kier molecular flexibility index (Phi) is 2.79. The fourth-order valence-electron chi connectivity index (χ4n) is 3.25. The first-order valence-electron chi connectivity index (χ1n) is 6.49. The van der Waals surface area contributed by atoms with Gasteiger partial charge in [0.15, 0.2) is 0 Å². The van der Waals surface area contributed by atoms with Gasteiger partial charge >= 0.3 is 0 Å². The summed E-state index contributed by atoms with van der Waals surface area (Å²) in [5.41, 5.74) is 1.20. The van der Waals surface area contributed by atoms with Crippen LogP contribution in [0, 0.1) is 11.2 Å². The lowest BCUT2D eigenvalue weighted by atomic mass is 9.60. The molecule has 2 N–H and O–H groups in total. The van der Waals surface area contributed by atoms with Gasteiger partial charge in [0, 0.05) is 6.04 Å². The van der Waals surface area contributed by atoms with Crippen LogP contribution in [0.15, 0.2) is 24.3 Å². The van der Waals surface area contributed by atoms with Crippen LogP contribution in [0.5, 0.6) is 0 Å². The molecular weight excluding hydrogens is 215 g/mol. The third kappa shape index (κ3) is 2.16. The lowest BCUT2D eigenvalue weighted by molar-refractivity contribution is 0.0717. The Morgan fingerprint density at radius 2 is 1.88 bits per heavy atom. The average Bonchev–Trinajstić information content (AvgIpc) is 2.31. The van der Waals surface area contributed by atoms with E-state index >= 15 is 0 Å². The zero-order valence-corrected chi connectivity index (χ0v) is 10.0. The summed E-state index contributed by atoms with van der Waals surface area (Å²) in [4.78, 5) is 0. The van der Waals surface area contributed by atoms with Gasteiger partial charge in [-0.3, -0.25) is 0 Å². The summed E-state index contributed by atoms with van der Waals surface area (Å²) in [7, 11) is 0. The van der Waals surface area contributed by atoms with Crippen molar-refractivity contribution >= 4 is 5.69 Å². The van der Waals surface area contributed by atoms with Crippen LogP contribution in [0.25, 0.3) is 0 Å². The zero-order valence-electron chi connectivity index (χ0n) is 10.0. The molecule has 17 heavy (non-hydrogen) atoms. The van der Waals surface area contributed by atoms with Gasteiger partial charge in [-0.25, -0.2) is 4.39 Å². The molecule has 92 valence electrons. The van der Waals surface area contributed by atoms with Crippen LogP contribution in [0.1, 0.15) is 25.7 Å². The van der Waals surface area contributed by atoms with Crippen molar-refractivity contribution in [2.75, 3.05) is 18.4 Å². The van der Waals surface area contributed by atoms with Crippen LogP contribution < -0.4 is 10.6 Å². The van der Waals surface area contributed by atoms with Crippen molar-refractivity contribution in [3.05, 3.63) is 30.1 Å². The molecule has 0 radical (unpaired) electrons. The summed E-state index contributed by atoms with van der Waals surface area (Å²) in [5, 5.41) is 6.72. The number of para-hydroxylation sites is 1. The molecule has 0 atom stereocenters. The maximum absolute atomic E-state index is 13.5. The highest BCUT2D eigenvalue weighted by Gasteiger charge is 2.44. The van der Waals surface area contributed by atoms with Crippen LogP contribution in [0.2, 0.25) is 0 Å². The van der Waals surface area contributed by atoms with Crippen molar-refractivity contribution in [1.29, 1.82) is 0 Å². The highest BCUT2D eigenvalue weighted by atomic mass is 19.1. The molecule has 2 nitrogen and oxygen atoms in total. The minimum absolute atomic E-state index is 0.140. The van der Waals surface area contributed by atoms with E-state index in [0.717, 1.165) is 13.1 Å². The molecule has 1 heterocycles. The van der Waals surface area contributed by atoms with Gasteiger partial charge in [0.05, 0.1) is 5.69 Å². The minimum Gasteiger partial charge on any atom is -0.380 e. The van der Waals surface area contributed by atoms with Crippen molar-refractivity contribution in [3.8, 4) is 0 Å². The van der Waals surface area contributed by atoms with E-state index < -0.39 is 0 Å². The van der Waals surface area contributed by atoms with Crippen molar-refractivity contribution in [3.63, 3.8) is 0 Å². The first kappa shape index (κ1) is 11.0. The number of hydrogen-bond donors (Lipinski definition) is 2. The Morgan fingerprint density at radius 1 is 1.18 bits per heavy atom. The predicted molar refractivity (Wildman–Crippen MR) is 67.6 cm³/mol. The number of piperidine rings is 1. The van der Waals surface area contributed by atoms with Crippen LogP contribution in [0.3, 0.4) is 0 Å². The molecule has 0 aromatic heterocycles. The molecule has 0 amide bonds. The second kappa shape index (κ2) is 4.30. The minimum atomic E-state index is -0.140. The second-order valence-corrected chi connectivity index (χ2v) is 5.48. The Morgan fingerprint density at radius 3 is 2.59 bits per heavy atom. The largest absolute Gasteiger partial charge is 0.380 e. The molecule has 1 saturated heterocycles. The summed E-state index contributed by atoms with van der Waals surface area (Å²) >= 11 is 0. The van der Waals surface area contributed by atoms with Crippen LogP contribution in [-0.4, -0.2) is 19.1 Å². The second-order valence-electron chi connectivity index (χ2n) is 5.48. The maximum atomic E-state index is 13.5. The molecule has 1 aromatic rings. The SMILES string of the molecule is Fc1ccccc1NC1CC2(CCNCC2)C1. The Hall–Kier alpha value is -1.09. The molecule has 0 bridgehead atoms. The third-order valence-electron chi connectivity index (χ3n) is 4.26. The molecule has 1 spiro atoms. The molecule has 2 fully saturated rings. The molecule has 1 saturated carbocycles. The maximum Gasteiger partial charge on any atom is 0.146 e. The summed E-state index contributed by atoms with van der Waals surface area (Å²) < 4.78 is 13.5. The average molecular weight is 234 g/mol. The number of anilines is 1. The summed E-state index contributed by atoms with van der Waals surface area (Å²) in [6.45, 7) is 2.29. The van der Waals surface area contributed by atoms with Gasteiger partial charge in [-0.05, 0) is 56.3 Å². The molecule has 3 rings (SSSR count). The Labute approximate surface area is 102 Å². The van der Waals surface area contributed by atoms with E-state index in [9.17, 15) is 4.39 Å². The number of rotatable bonds is 2. The molecule has 0 unspecified atom stereocenters. The fourth-order valence-corrected chi connectivity index (χ4v) is 3.25. The standard InChI is InChI=1S/C14H19FN2/c15-12-3-1-2-4-13(12)17-11-9-14(10-11)5-7-16-8-6-14/h1-4,11,16-17H,5-10H2. The van der Waals surface area contributed by atoms with Crippen LogP contribution in [-0.2, 0) is 0 Å². The van der Waals surface area contributed by atoms with Gasteiger partial charge in [0.2, 0.25) is 0 Å². The van der Waals surface area contributed by atoms with Crippen LogP contribution in [0.4, 0.5) is 10.1 Å². The van der Waals surface area contributed by atoms with E-state index in [0.29, 0.717) is 17.1 Å². The van der Waals surface area contributed by atoms with E-state index in [1.54, 1.807) is 6.07 Å². The zero-order chi connectivity index (χ0) is 11.7. The molecule has 1 aliphatic carbocycles. The molecule has 1 aromatic carbocycles. The summed E-state index contributed by atoms with van der Waals surface area (Å²) in [6.07, 6.45) is 4.96. The van der Waals surface area contributed by atoms with E-state index in [1.807, 2.05) is 12.1 Å². The highest BCUT2D eigenvalue weighted by molar-refractivity contribution is 5.45. The first-order valence-corrected chi connectivity index (χ1v) is 6.49. The third-order valence-corrected chi connectivity index (χ3v) is 4.26. The Balaban J connectivity index is 1.58. The molecular formula is C14H19FN2. The van der Waals surface area contributed by atoms with Gasteiger partial charge in [-0.15, -0.1) is 0 Å². The molecule has 3 heteroatoms. The van der Waals surface area contributed by atoms with Gasteiger partial charge in [0.1, 0.15) is 5.82 Å². The van der Waals surface area contributed by atoms with Crippen molar-refractivity contribution in [2.24, 2.45) is 5.41 Å². The lowest BCUT2D eigenvalue weighted by Crippen LogP contribution is -2.50. The summed E-state index contributed by atoms with van der Waals surface area (Å²) in [5.74, 6) is -0.140. The number of nitrogens with one attached hydrogen (secondary N) is 2. The topological polar surface area (TPSA) is 24.1 Å². The quantitative estimate of drug-likeness (QED) is 0.822. The van der Waals surface area contributed by atoms with Gasteiger partial charge in [-0.1, -0.05) is 12.1 Å². The normalized spacial score (nSPS) is 23.4. The highest BCUT2D eigenvalue weighted by Crippen LogP contribution is 2.48. The number of hydrogen-bond acceptors (Lipinski definition) is 2. The Bertz CT molecular complexity index is 391. The smallest absolute Gasteiger partial charge is 0.146 e. The van der Waals surface area contributed by atoms with Crippen molar-refractivity contribution in [2.45, 2.75) is 31.7 Å².